The van der Waals surface area contributed by atoms with Crippen LogP contribution in [-0.2, 0) is 0 Å². The normalized spacial score (nSPS) is 10.5. The molecule has 0 aliphatic heterocycles. The van der Waals surface area contributed by atoms with E-state index in [2.05, 4.69) is 30.9 Å². The van der Waals surface area contributed by atoms with Gasteiger partial charge < -0.3 is 5.32 Å². The topological polar surface area (TPSA) is 12.0 Å². The summed E-state index contributed by atoms with van der Waals surface area (Å²) >= 11 is 2.09. The third-order valence-corrected chi connectivity index (χ3v) is 2.94. The molecule has 1 nitrogen and oxygen atoms in total. The zero-order valence-electron chi connectivity index (χ0n) is 8.57. The van der Waals surface area contributed by atoms with Crippen LogP contribution < -0.4 is 5.32 Å². The summed E-state index contributed by atoms with van der Waals surface area (Å²) in [6.45, 7) is 6.85. The lowest BCUT2D eigenvalue weighted by molar-refractivity contribution is 0.635. The maximum atomic E-state index is 3.42. The molecule has 2 heteroatoms. The van der Waals surface area contributed by atoms with E-state index in [4.69, 9.17) is 0 Å². The van der Waals surface area contributed by atoms with Gasteiger partial charge in [0.15, 0.2) is 0 Å². The second kappa shape index (κ2) is 11.3. The molecule has 0 radical (unpaired) electrons. The van der Waals surface area contributed by atoms with Gasteiger partial charge in [-0.3, -0.25) is 0 Å². The zero-order valence-corrected chi connectivity index (χ0v) is 9.38. The van der Waals surface area contributed by atoms with Gasteiger partial charge in [-0.2, -0.15) is 11.8 Å². The fourth-order valence-electron chi connectivity index (χ4n) is 1.00. The molecule has 0 atom stereocenters. The minimum absolute atomic E-state index is 1.18. The molecule has 0 unspecified atom stereocenters. The van der Waals surface area contributed by atoms with Crippen LogP contribution in [0, 0.1) is 0 Å². The van der Waals surface area contributed by atoms with E-state index in [1.165, 1.54) is 50.3 Å². The van der Waals surface area contributed by atoms with E-state index in [0.29, 0.717) is 0 Å². The first kappa shape index (κ1) is 12.3. The second-order valence-corrected chi connectivity index (χ2v) is 4.29. The number of hydrogen-bond acceptors (Lipinski definition) is 2. The van der Waals surface area contributed by atoms with Crippen LogP contribution in [0.1, 0.15) is 39.5 Å². The molecule has 0 amide bonds. The summed E-state index contributed by atoms with van der Waals surface area (Å²) in [5, 5.41) is 3.42. The monoisotopic (exact) mass is 189 g/mol. The van der Waals surface area contributed by atoms with Gasteiger partial charge in [0.25, 0.3) is 0 Å². The van der Waals surface area contributed by atoms with Crippen LogP contribution in [-0.4, -0.2) is 24.6 Å². The second-order valence-electron chi connectivity index (χ2n) is 3.07. The lowest BCUT2D eigenvalue weighted by Gasteiger charge is -2.02. The predicted molar refractivity (Wildman–Crippen MR) is 60.0 cm³/mol. The highest BCUT2D eigenvalue weighted by atomic mass is 32.2. The highest BCUT2D eigenvalue weighted by molar-refractivity contribution is 7.99. The van der Waals surface area contributed by atoms with Crippen molar-refractivity contribution in [3.8, 4) is 0 Å². The molecule has 0 aromatic carbocycles. The van der Waals surface area contributed by atoms with Crippen LogP contribution in [0.4, 0.5) is 0 Å². The maximum absolute atomic E-state index is 3.42. The van der Waals surface area contributed by atoms with E-state index < -0.39 is 0 Å². The third kappa shape index (κ3) is 10.3. The standard InChI is InChI=1S/C10H23NS/c1-3-7-11-8-5-6-10-12-9-4-2/h11H,3-10H2,1-2H3. The molecule has 0 aliphatic carbocycles. The van der Waals surface area contributed by atoms with Crippen molar-refractivity contribution in [1.82, 2.24) is 5.32 Å². The van der Waals surface area contributed by atoms with Crippen molar-refractivity contribution in [2.45, 2.75) is 39.5 Å². The van der Waals surface area contributed by atoms with Crippen molar-refractivity contribution in [3.63, 3.8) is 0 Å². The molecule has 12 heavy (non-hydrogen) atoms. The van der Waals surface area contributed by atoms with Gasteiger partial charge in [-0.25, -0.2) is 0 Å². The predicted octanol–water partition coefficient (Wildman–Crippen LogP) is 2.91. The van der Waals surface area contributed by atoms with Crippen LogP contribution in [0.2, 0.25) is 0 Å². The Morgan fingerprint density at radius 3 is 2.42 bits per heavy atom. The lowest BCUT2D eigenvalue weighted by atomic mass is 10.3. The number of nitrogens with one attached hydrogen (secondary N) is 1. The van der Waals surface area contributed by atoms with E-state index in [0.717, 1.165) is 0 Å². The Morgan fingerprint density at radius 2 is 1.75 bits per heavy atom. The minimum atomic E-state index is 1.18. The number of thioether (sulfide) groups is 1. The van der Waals surface area contributed by atoms with Gasteiger partial charge in [0.05, 0.1) is 0 Å². The molecule has 1 N–H and O–H groups in total. The number of unbranched alkanes of at least 4 members (excludes halogenated alkanes) is 1. The summed E-state index contributed by atoms with van der Waals surface area (Å²) in [4.78, 5) is 0. The quantitative estimate of drug-likeness (QED) is 0.560. The van der Waals surface area contributed by atoms with Crippen LogP contribution >= 0.6 is 11.8 Å². The van der Waals surface area contributed by atoms with Gasteiger partial charge in [0.2, 0.25) is 0 Å². The smallest absolute Gasteiger partial charge is 0.00486 e. The molecule has 0 bridgehead atoms. The fourth-order valence-corrected chi connectivity index (χ4v) is 1.90. The largest absolute Gasteiger partial charge is 0.317 e. The molecular formula is C10H23NS. The Labute approximate surface area is 81.7 Å². The van der Waals surface area contributed by atoms with E-state index in [-0.39, 0.29) is 0 Å². The van der Waals surface area contributed by atoms with Gasteiger partial charge >= 0.3 is 0 Å². The Balaban J connectivity index is 2.73. The van der Waals surface area contributed by atoms with Gasteiger partial charge in [0, 0.05) is 0 Å². The highest BCUT2D eigenvalue weighted by Gasteiger charge is 1.89. The Kier molecular flexibility index (Phi) is 11.6. The lowest BCUT2D eigenvalue weighted by Crippen LogP contribution is -2.15. The number of rotatable bonds is 9. The SMILES string of the molecule is CCCNCCCCSCCC. The van der Waals surface area contributed by atoms with Crippen molar-refractivity contribution in [2.75, 3.05) is 24.6 Å². The number of hydrogen-bond donors (Lipinski definition) is 1. The third-order valence-electron chi connectivity index (χ3n) is 1.67. The van der Waals surface area contributed by atoms with E-state index in [1.807, 2.05) is 0 Å². The van der Waals surface area contributed by atoms with Crippen LogP contribution in [0.15, 0.2) is 0 Å². The summed E-state index contributed by atoms with van der Waals surface area (Å²) < 4.78 is 0. The van der Waals surface area contributed by atoms with Crippen LogP contribution in [0.5, 0.6) is 0 Å². The molecule has 0 spiro atoms. The first-order valence-corrected chi connectivity index (χ1v) is 6.35. The van der Waals surface area contributed by atoms with Gasteiger partial charge in [-0.1, -0.05) is 13.8 Å². The minimum Gasteiger partial charge on any atom is -0.317 e. The van der Waals surface area contributed by atoms with Crippen molar-refractivity contribution in [2.24, 2.45) is 0 Å². The van der Waals surface area contributed by atoms with Gasteiger partial charge in [0.1, 0.15) is 0 Å². The van der Waals surface area contributed by atoms with Crippen molar-refractivity contribution < 1.29 is 0 Å². The Bertz CT molecular complexity index is 66.2. The molecule has 0 heterocycles. The fraction of sp³-hybridized carbons (Fsp3) is 1.00. The molecule has 0 rings (SSSR count). The van der Waals surface area contributed by atoms with Crippen molar-refractivity contribution >= 4 is 11.8 Å². The van der Waals surface area contributed by atoms with Gasteiger partial charge in [-0.15, -0.1) is 0 Å². The molecule has 0 aromatic heterocycles. The summed E-state index contributed by atoms with van der Waals surface area (Å²) in [6, 6.07) is 0. The molecule has 0 fully saturated rings. The molecule has 0 saturated heterocycles. The average Bonchev–Trinajstić information content (AvgIpc) is 2.10. The molecule has 74 valence electrons. The summed E-state index contributed by atoms with van der Waals surface area (Å²) in [6.07, 6.45) is 5.29. The summed E-state index contributed by atoms with van der Waals surface area (Å²) in [5.74, 6) is 2.68. The molecular weight excluding hydrogens is 166 g/mol. The van der Waals surface area contributed by atoms with E-state index in [1.54, 1.807) is 0 Å². The maximum Gasteiger partial charge on any atom is -0.00486 e. The van der Waals surface area contributed by atoms with Crippen LogP contribution in [0.25, 0.3) is 0 Å². The Hall–Kier alpha value is 0.310. The van der Waals surface area contributed by atoms with Gasteiger partial charge in [-0.05, 0) is 50.3 Å². The average molecular weight is 189 g/mol. The van der Waals surface area contributed by atoms with E-state index >= 15 is 0 Å². The first-order valence-electron chi connectivity index (χ1n) is 5.20. The molecule has 0 saturated carbocycles. The molecule has 0 aliphatic rings. The van der Waals surface area contributed by atoms with E-state index in [9.17, 15) is 0 Å². The molecule has 0 aromatic rings. The first-order chi connectivity index (χ1) is 5.91. The summed E-state index contributed by atoms with van der Waals surface area (Å²) in [7, 11) is 0. The zero-order chi connectivity index (χ0) is 9.07. The summed E-state index contributed by atoms with van der Waals surface area (Å²) in [5.41, 5.74) is 0. The van der Waals surface area contributed by atoms with Crippen molar-refractivity contribution in [3.05, 3.63) is 0 Å². The highest BCUT2D eigenvalue weighted by Crippen LogP contribution is 2.04. The van der Waals surface area contributed by atoms with Crippen molar-refractivity contribution in [1.29, 1.82) is 0 Å². The van der Waals surface area contributed by atoms with Crippen LogP contribution in [0.3, 0.4) is 0 Å². The Morgan fingerprint density at radius 1 is 0.917 bits per heavy atom.